The summed E-state index contributed by atoms with van der Waals surface area (Å²) < 4.78 is 9.40. The van der Waals surface area contributed by atoms with Gasteiger partial charge in [-0.1, -0.05) is 25.7 Å². The van der Waals surface area contributed by atoms with E-state index in [1.54, 1.807) is 0 Å². The number of ether oxygens (including phenoxy) is 2. The lowest BCUT2D eigenvalue weighted by atomic mass is 10.0. The smallest absolute Gasteiger partial charge is 0.408 e. The minimum atomic E-state index is -0.788. The van der Waals surface area contributed by atoms with Gasteiger partial charge in [-0.2, -0.15) is 0 Å². The third kappa shape index (κ3) is 7.19. The first-order valence-corrected chi connectivity index (χ1v) is 5.48. The number of amides is 1. The molecule has 0 heterocycles. The number of esters is 1. The van der Waals surface area contributed by atoms with E-state index in [-0.39, 0.29) is 19.1 Å². The molecule has 18 heavy (non-hydrogen) atoms. The van der Waals surface area contributed by atoms with Crippen LogP contribution in [0.2, 0.25) is 0 Å². The summed E-state index contributed by atoms with van der Waals surface area (Å²) in [7, 11) is 0. The third-order valence-electron chi connectivity index (χ3n) is 1.87. The standard InChI is InChI=1S/C13H17NO4/c1-5-7-17-12(15)11(9-10(3)4)14-13(16)18-8-6-2/h1-2,10-11H,7-9H2,3-4H3,(H,14,16). The largest absolute Gasteiger partial charge is 0.451 e. The first kappa shape index (κ1) is 15.9. The van der Waals surface area contributed by atoms with Crippen LogP contribution in [0.1, 0.15) is 20.3 Å². The van der Waals surface area contributed by atoms with Crippen LogP contribution in [0.4, 0.5) is 4.79 Å². The van der Waals surface area contributed by atoms with Crippen LogP contribution < -0.4 is 5.32 Å². The Morgan fingerprint density at radius 2 is 1.72 bits per heavy atom. The predicted octanol–water partition coefficient (Wildman–Crippen LogP) is 0.937. The van der Waals surface area contributed by atoms with Gasteiger partial charge in [0.2, 0.25) is 0 Å². The van der Waals surface area contributed by atoms with Gasteiger partial charge < -0.3 is 14.8 Å². The normalized spacial score (nSPS) is 10.9. The van der Waals surface area contributed by atoms with Gasteiger partial charge in [0.05, 0.1) is 0 Å². The van der Waals surface area contributed by atoms with Crippen molar-refractivity contribution < 1.29 is 19.1 Å². The van der Waals surface area contributed by atoms with Crippen LogP contribution >= 0.6 is 0 Å². The van der Waals surface area contributed by atoms with E-state index in [9.17, 15) is 9.59 Å². The minimum Gasteiger partial charge on any atom is -0.451 e. The molecule has 0 aliphatic carbocycles. The Kier molecular flexibility index (Phi) is 7.89. The highest BCUT2D eigenvalue weighted by Crippen LogP contribution is 2.06. The fraction of sp³-hybridized carbons (Fsp3) is 0.538. The van der Waals surface area contributed by atoms with Crippen molar-refractivity contribution >= 4 is 12.1 Å². The summed E-state index contributed by atoms with van der Waals surface area (Å²) in [6, 6.07) is -0.788. The van der Waals surface area contributed by atoms with E-state index in [2.05, 4.69) is 21.9 Å². The maximum absolute atomic E-state index is 11.6. The quantitative estimate of drug-likeness (QED) is 0.563. The highest BCUT2D eigenvalue weighted by Gasteiger charge is 2.23. The van der Waals surface area contributed by atoms with Crippen LogP contribution in [0, 0.1) is 30.6 Å². The van der Waals surface area contributed by atoms with Crippen molar-refractivity contribution in [3.05, 3.63) is 0 Å². The molecule has 0 bridgehead atoms. The number of hydrogen-bond donors (Lipinski definition) is 1. The Morgan fingerprint density at radius 1 is 1.17 bits per heavy atom. The Labute approximate surface area is 107 Å². The average molecular weight is 251 g/mol. The second kappa shape index (κ2) is 8.95. The van der Waals surface area contributed by atoms with Crippen molar-refractivity contribution in [2.24, 2.45) is 5.92 Å². The zero-order chi connectivity index (χ0) is 14.0. The average Bonchev–Trinajstić information content (AvgIpc) is 2.32. The molecule has 0 aliphatic rings. The molecule has 0 saturated heterocycles. The summed E-state index contributed by atoms with van der Waals surface area (Å²) in [6.45, 7) is 3.54. The summed E-state index contributed by atoms with van der Waals surface area (Å²) in [6.07, 6.45) is 9.60. The zero-order valence-electron chi connectivity index (χ0n) is 10.6. The van der Waals surface area contributed by atoms with Crippen molar-refractivity contribution in [1.82, 2.24) is 5.32 Å². The number of rotatable bonds is 6. The predicted molar refractivity (Wildman–Crippen MR) is 66.4 cm³/mol. The van der Waals surface area contributed by atoms with Crippen LogP contribution in [-0.4, -0.2) is 31.3 Å². The summed E-state index contributed by atoms with van der Waals surface area (Å²) >= 11 is 0. The van der Waals surface area contributed by atoms with Gasteiger partial charge in [0, 0.05) is 0 Å². The topological polar surface area (TPSA) is 64.6 Å². The number of terminal acetylenes is 2. The van der Waals surface area contributed by atoms with Crippen molar-refractivity contribution in [1.29, 1.82) is 0 Å². The molecule has 0 radical (unpaired) electrons. The van der Waals surface area contributed by atoms with Crippen molar-refractivity contribution in [3.8, 4) is 24.7 Å². The molecule has 0 aliphatic heterocycles. The van der Waals surface area contributed by atoms with Crippen molar-refractivity contribution in [3.63, 3.8) is 0 Å². The van der Waals surface area contributed by atoms with Gasteiger partial charge in [0.25, 0.3) is 0 Å². The van der Waals surface area contributed by atoms with E-state index in [4.69, 9.17) is 17.6 Å². The van der Waals surface area contributed by atoms with Gasteiger partial charge in [-0.15, -0.1) is 12.8 Å². The van der Waals surface area contributed by atoms with Crippen LogP contribution in [-0.2, 0) is 14.3 Å². The molecule has 1 unspecified atom stereocenters. The van der Waals surface area contributed by atoms with Crippen LogP contribution in [0.25, 0.3) is 0 Å². The first-order valence-electron chi connectivity index (χ1n) is 5.48. The summed E-state index contributed by atoms with van der Waals surface area (Å²) in [5, 5.41) is 2.39. The highest BCUT2D eigenvalue weighted by atomic mass is 16.6. The van der Waals surface area contributed by atoms with E-state index in [1.807, 2.05) is 13.8 Å². The van der Waals surface area contributed by atoms with E-state index >= 15 is 0 Å². The van der Waals surface area contributed by atoms with Gasteiger partial charge in [-0.05, 0) is 12.3 Å². The Morgan fingerprint density at radius 3 is 2.22 bits per heavy atom. The molecule has 5 heteroatoms. The monoisotopic (exact) mass is 251 g/mol. The number of alkyl carbamates (subject to hydrolysis) is 1. The molecule has 1 amide bonds. The van der Waals surface area contributed by atoms with Crippen LogP contribution in [0.5, 0.6) is 0 Å². The molecule has 1 atom stereocenters. The number of hydrogen-bond acceptors (Lipinski definition) is 4. The molecule has 0 aromatic rings. The molecule has 0 saturated carbocycles. The van der Waals surface area contributed by atoms with Crippen LogP contribution in [0.15, 0.2) is 0 Å². The number of nitrogens with one attached hydrogen (secondary N) is 1. The second-order valence-corrected chi connectivity index (χ2v) is 3.92. The van der Waals surface area contributed by atoms with Crippen LogP contribution in [0.3, 0.4) is 0 Å². The highest BCUT2D eigenvalue weighted by molar-refractivity contribution is 5.81. The summed E-state index contributed by atoms with van der Waals surface area (Å²) in [5.74, 6) is 3.94. The lowest BCUT2D eigenvalue weighted by molar-refractivity contribution is -0.145. The SMILES string of the molecule is C#CCOC(=O)NC(CC(C)C)C(=O)OCC#C. The van der Waals surface area contributed by atoms with Gasteiger partial charge in [0.1, 0.15) is 6.04 Å². The molecule has 0 fully saturated rings. The van der Waals surface area contributed by atoms with Gasteiger partial charge in [-0.3, -0.25) is 0 Å². The van der Waals surface area contributed by atoms with Crippen molar-refractivity contribution in [2.75, 3.05) is 13.2 Å². The molecular weight excluding hydrogens is 234 g/mol. The lowest BCUT2D eigenvalue weighted by Crippen LogP contribution is -2.43. The zero-order valence-corrected chi connectivity index (χ0v) is 10.6. The van der Waals surface area contributed by atoms with Gasteiger partial charge in [0.15, 0.2) is 13.2 Å². The van der Waals surface area contributed by atoms with Gasteiger partial charge >= 0.3 is 12.1 Å². The van der Waals surface area contributed by atoms with E-state index in [0.29, 0.717) is 6.42 Å². The number of carbonyl (C=O) groups excluding carboxylic acids is 2. The second-order valence-electron chi connectivity index (χ2n) is 3.92. The fourth-order valence-corrected chi connectivity index (χ4v) is 1.19. The molecule has 1 N–H and O–H groups in total. The van der Waals surface area contributed by atoms with Crippen molar-refractivity contribution in [2.45, 2.75) is 26.3 Å². The molecule has 0 aromatic carbocycles. The first-order chi connectivity index (χ1) is 8.51. The summed E-state index contributed by atoms with van der Waals surface area (Å²) in [5.41, 5.74) is 0. The Bertz CT molecular complexity index is 362. The maximum Gasteiger partial charge on any atom is 0.408 e. The summed E-state index contributed by atoms with van der Waals surface area (Å²) in [4.78, 5) is 22.9. The fourth-order valence-electron chi connectivity index (χ4n) is 1.19. The molecule has 98 valence electrons. The third-order valence-corrected chi connectivity index (χ3v) is 1.87. The van der Waals surface area contributed by atoms with E-state index in [1.165, 1.54) is 0 Å². The number of carbonyl (C=O) groups is 2. The maximum atomic E-state index is 11.6. The van der Waals surface area contributed by atoms with Gasteiger partial charge in [-0.25, -0.2) is 9.59 Å². The molecule has 0 aromatic heterocycles. The molecule has 5 nitrogen and oxygen atoms in total. The van der Waals surface area contributed by atoms with E-state index in [0.717, 1.165) is 0 Å². The molecular formula is C13H17NO4. The lowest BCUT2D eigenvalue weighted by Gasteiger charge is -2.18. The Hall–Kier alpha value is -2.14. The Balaban J connectivity index is 4.40. The minimum absolute atomic E-state index is 0.130. The van der Waals surface area contributed by atoms with E-state index < -0.39 is 18.1 Å². The molecule has 0 spiro atoms. The molecule has 0 rings (SSSR count).